The molecular weight excluding hydrogens is 239 g/mol. The van der Waals surface area contributed by atoms with E-state index in [1.807, 2.05) is 30.3 Å². The number of hydrogen-bond acceptors (Lipinski definition) is 2. The van der Waals surface area contributed by atoms with E-state index in [1.54, 1.807) is 6.92 Å². The van der Waals surface area contributed by atoms with Gasteiger partial charge >= 0.3 is 51.4 Å². The van der Waals surface area contributed by atoms with Crippen LogP contribution in [0.25, 0.3) is 0 Å². The average Bonchev–Trinajstić information content (AvgIpc) is 2.30. The molecule has 0 amide bonds. The van der Waals surface area contributed by atoms with Crippen LogP contribution in [-0.4, -0.2) is 5.97 Å². The van der Waals surface area contributed by atoms with Gasteiger partial charge in [-0.2, -0.15) is 0 Å². The van der Waals surface area contributed by atoms with Gasteiger partial charge in [0, 0.05) is 5.41 Å². The maximum atomic E-state index is 11.3. The maximum Gasteiger partial charge on any atom is 1.00 e. The fraction of sp³-hybridized carbons (Fsp3) is 0.500. The molecule has 1 atom stereocenters. The maximum absolute atomic E-state index is 11.3. The van der Waals surface area contributed by atoms with Crippen molar-refractivity contribution in [3.8, 4) is 0 Å². The van der Waals surface area contributed by atoms with Gasteiger partial charge in [-0.3, -0.25) is 0 Å². The minimum Gasteiger partial charge on any atom is -0.549 e. The monoisotopic (exact) mass is 258 g/mol. The number of carboxylic acids is 1. The van der Waals surface area contributed by atoms with Crippen LogP contribution in [0.4, 0.5) is 0 Å². The minimum absolute atomic E-state index is 0. The molecule has 3 heteroatoms. The SMILES string of the molecule is CCCCCC(C)(C(=O)[O-])c1ccccc1.[K+]. The van der Waals surface area contributed by atoms with Crippen molar-refractivity contribution in [2.24, 2.45) is 0 Å². The van der Waals surface area contributed by atoms with Gasteiger partial charge in [0.1, 0.15) is 0 Å². The standard InChI is InChI=1S/C14H20O2.K/c1-3-4-8-11-14(2,13(15)16)12-9-6-5-7-10-12;/h5-7,9-10H,3-4,8,11H2,1-2H3,(H,15,16);/q;+1/p-1. The molecule has 0 N–H and O–H groups in total. The zero-order chi connectivity index (χ0) is 12.0. The van der Waals surface area contributed by atoms with Crippen LogP contribution in [0.2, 0.25) is 0 Å². The third kappa shape index (κ3) is 4.83. The van der Waals surface area contributed by atoms with Gasteiger partial charge < -0.3 is 9.90 Å². The molecule has 0 aliphatic rings. The van der Waals surface area contributed by atoms with Crippen molar-refractivity contribution >= 4 is 5.97 Å². The van der Waals surface area contributed by atoms with E-state index in [1.165, 1.54) is 0 Å². The summed E-state index contributed by atoms with van der Waals surface area (Å²) in [4.78, 5) is 11.3. The van der Waals surface area contributed by atoms with Crippen molar-refractivity contribution in [2.45, 2.75) is 44.9 Å². The molecule has 0 aromatic heterocycles. The number of carbonyl (C=O) groups excluding carboxylic acids is 1. The first-order chi connectivity index (χ1) is 7.61. The molecule has 0 saturated heterocycles. The van der Waals surface area contributed by atoms with E-state index in [-0.39, 0.29) is 51.4 Å². The van der Waals surface area contributed by atoms with Gasteiger partial charge in [-0.05, 0) is 12.0 Å². The molecule has 0 aliphatic carbocycles. The van der Waals surface area contributed by atoms with E-state index in [2.05, 4.69) is 6.92 Å². The third-order valence-electron chi connectivity index (χ3n) is 3.14. The second-order valence-electron chi connectivity index (χ2n) is 4.44. The fourth-order valence-electron chi connectivity index (χ4n) is 1.90. The molecule has 0 heterocycles. The van der Waals surface area contributed by atoms with Crippen molar-refractivity contribution in [2.75, 3.05) is 0 Å². The summed E-state index contributed by atoms with van der Waals surface area (Å²) in [7, 11) is 0. The van der Waals surface area contributed by atoms with Crippen molar-refractivity contribution in [1.82, 2.24) is 0 Å². The molecule has 2 nitrogen and oxygen atoms in total. The fourth-order valence-corrected chi connectivity index (χ4v) is 1.90. The number of benzene rings is 1. The minimum atomic E-state index is -0.977. The normalized spacial score (nSPS) is 13.5. The number of aliphatic carboxylic acids is 1. The van der Waals surface area contributed by atoms with Crippen LogP contribution in [0.1, 0.15) is 45.1 Å². The predicted octanol–water partition coefficient (Wildman–Crippen LogP) is -0.721. The van der Waals surface area contributed by atoms with Gasteiger partial charge in [0.2, 0.25) is 0 Å². The van der Waals surface area contributed by atoms with Gasteiger partial charge in [-0.15, -0.1) is 0 Å². The zero-order valence-electron chi connectivity index (χ0n) is 11.0. The zero-order valence-corrected chi connectivity index (χ0v) is 14.2. The molecule has 1 rings (SSSR count). The summed E-state index contributed by atoms with van der Waals surface area (Å²) in [5, 5.41) is 11.3. The Balaban J connectivity index is 0.00000256. The summed E-state index contributed by atoms with van der Waals surface area (Å²) in [5.41, 5.74) is -0.0118. The van der Waals surface area contributed by atoms with Crippen LogP contribution in [-0.2, 0) is 10.2 Å². The molecule has 17 heavy (non-hydrogen) atoms. The number of rotatable bonds is 6. The first-order valence-corrected chi connectivity index (χ1v) is 5.88. The first-order valence-electron chi connectivity index (χ1n) is 5.88. The van der Waals surface area contributed by atoms with Crippen LogP contribution in [0.5, 0.6) is 0 Å². The smallest absolute Gasteiger partial charge is 0.549 e. The Hall–Kier alpha value is 0.326. The number of unbranched alkanes of at least 4 members (excludes halogenated alkanes) is 2. The van der Waals surface area contributed by atoms with Gasteiger partial charge in [-0.1, -0.05) is 63.4 Å². The van der Waals surface area contributed by atoms with E-state index in [0.29, 0.717) is 6.42 Å². The Kier molecular flexibility index (Phi) is 8.59. The van der Waals surface area contributed by atoms with Crippen LogP contribution in [0, 0.1) is 0 Å². The molecule has 0 saturated carbocycles. The Labute approximate surface area is 146 Å². The molecule has 1 unspecified atom stereocenters. The van der Waals surface area contributed by atoms with Gasteiger partial charge in [-0.25, -0.2) is 0 Å². The summed E-state index contributed by atoms with van der Waals surface area (Å²) >= 11 is 0. The summed E-state index contributed by atoms with van der Waals surface area (Å²) in [5.74, 6) is -0.977. The number of hydrogen-bond donors (Lipinski definition) is 0. The Bertz CT molecular complexity index is 337. The molecule has 88 valence electrons. The van der Waals surface area contributed by atoms with E-state index in [9.17, 15) is 9.90 Å². The Morgan fingerprint density at radius 2 is 1.82 bits per heavy atom. The van der Waals surface area contributed by atoms with E-state index in [4.69, 9.17) is 0 Å². The second-order valence-corrected chi connectivity index (χ2v) is 4.44. The van der Waals surface area contributed by atoms with Crippen molar-refractivity contribution in [3.63, 3.8) is 0 Å². The molecule has 0 aliphatic heterocycles. The molecule has 1 aromatic rings. The molecular formula is C14H19KO2. The van der Waals surface area contributed by atoms with Crippen molar-refractivity contribution in [1.29, 1.82) is 0 Å². The van der Waals surface area contributed by atoms with E-state index < -0.39 is 11.4 Å². The van der Waals surface area contributed by atoms with Crippen molar-refractivity contribution in [3.05, 3.63) is 35.9 Å². The predicted molar refractivity (Wildman–Crippen MR) is 62.9 cm³/mol. The average molecular weight is 258 g/mol. The van der Waals surface area contributed by atoms with Crippen LogP contribution < -0.4 is 56.5 Å². The van der Waals surface area contributed by atoms with E-state index >= 15 is 0 Å². The topological polar surface area (TPSA) is 40.1 Å². The molecule has 0 spiro atoms. The quantitative estimate of drug-likeness (QED) is 0.499. The van der Waals surface area contributed by atoms with Crippen LogP contribution in [0.3, 0.4) is 0 Å². The second kappa shape index (κ2) is 8.43. The van der Waals surface area contributed by atoms with E-state index in [0.717, 1.165) is 24.8 Å². The molecule has 1 aromatic carbocycles. The summed E-state index contributed by atoms with van der Waals surface area (Å²) in [6.07, 6.45) is 3.73. The first kappa shape index (κ1) is 17.3. The van der Waals surface area contributed by atoms with Crippen LogP contribution in [0.15, 0.2) is 30.3 Å². The third-order valence-corrected chi connectivity index (χ3v) is 3.14. The van der Waals surface area contributed by atoms with Gasteiger partial charge in [0.25, 0.3) is 0 Å². The molecule has 0 radical (unpaired) electrons. The Morgan fingerprint density at radius 1 is 1.24 bits per heavy atom. The Morgan fingerprint density at radius 3 is 2.29 bits per heavy atom. The van der Waals surface area contributed by atoms with Crippen molar-refractivity contribution < 1.29 is 61.3 Å². The van der Waals surface area contributed by atoms with Crippen LogP contribution >= 0.6 is 0 Å². The summed E-state index contributed by atoms with van der Waals surface area (Å²) in [6, 6.07) is 9.36. The summed E-state index contributed by atoms with van der Waals surface area (Å²) in [6.45, 7) is 3.87. The molecule has 0 fully saturated rings. The number of carboxylic acid groups (broad SMARTS) is 1. The van der Waals surface area contributed by atoms with Gasteiger partial charge in [0.05, 0.1) is 5.97 Å². The number of carbonyl (C=O) groups is 1. The van der Waals surface area contributed by atoms with Gasteiger partial charge in [0.15, 0.2) is 0 Å². The largest absolute Gasteiger partial charge is 1.00 e. The summed E-state index contributed by atoms with van der Waals surface area (Å²) < 4.78 is 0. The molecule has 0 bridgehead atoms.